The van der Waals surface area contributed by atoms with Crippen LogP contribution in [0.3, 0.4) is 0 Å². The van der Waals surface area contributed by atoms with Crippen molar-refractivity contribution in [1.29, 1.82) is 0 Å². The van der Waals surface area contributed by atoms with Gasteiger partial charge in [-0.15, -0.1) is 0 Å². The van der Waals surface area contributed by atoms with Crippen molar-refractivity contribution in [2.45, 2.75) is 29.8 Å². The van der Waals surface area contributed by atoms with Gasteiger partial charge in [0.1, 0.15) is 5.82 Å². The van der Waals surface area contributed by atoms with Crippen molar-refractivity contribution in [3.8, 4) is 0 Å². The molecule has 3 aromatic carbocycles. The highest BCUT2D eigenvalue weighted by Crippen LogP contribution is 2.50. The SMILES string of the molecule is CCN1C(=O)c2cccc3c(S(=O)(=O)Nc4ccc(C(O)(C(F)(F)F)C(F)(F)F)cc4F)ccc1c23. The normalized spacial score (nSPS) is 14.6. The van der Waals surface area contributed by atoms with E-state index in [4.69, 9.17) is 0 Å². The highest BCUT2D eigenvalue weighted by Gasteiger charge is 2.71. The van der Waals surface area contributed by atoms with E-state index < -0.39 is 49.9 Å². The lowest BCUT2D eigenvalue weighted by molar-refractivity contribution is -0.376. The summed E-state index contributed by atoms with van der Waals surface area (Å²) < 4.78 is 121. The lowest BCUT2D eigenvalue weighted by Gasteiger charge is -2.32. The smallest absolute Gasteiger partial charge is 0.369 e. The van der Waals surface area contributed by atoms with Gasteiger partial charge in [-0.1, -0.05) is 18.2 Å². The van der Waals surface area contributed by atoms with Gasteiger partial charge in [-0.3, -0.25) is 9.52 Å². The zero-order valence-electron chi connectivity index (χ0n) is 18.0. The van der Waals surface area contributed by atoms with Crippen LogP contribution in [0.2, 0.25) is 0 Å². The number of hydrogen-bond donors (Lipinski definition) is 2. The molecule has 36 heavy (non-hydrogen) atoms. The highest BCUT2D eigenvalue weighted by atomic mass is 32.2. The molecule has 3 aromatic rings. The Morgan fingerprint density at radius 3 is 2.17 bits per heavy atom. The zero-order valence-corrected chi connectivity index (χ0v) is 18.8. The predicted molar refractivity (Wildman–Crippen MR) is 115 cm³/mol. The molecule has 6 nitrogen and oxygen atoms in total. The van der Waals surface area contributed by atoms with Crippen LogP contribution in [-0.4, -0.2) is 38.3 Å². The number of carbonyl (C=O) groups is 1. The van der Waals surface area contributed by atoms with Gasteiger partial charge in [-0.05, 0) is 37.3 Å². The van der Waals surface area contributed by atoms with Crippen LogP contribution >= 0.6 is 0 Å². The van der Waals surface area contributed by atoms with Crippen molar-refractivity contribution in [3.05, 3.63) is 65.5 Å². The highest BCUT2D eigenvalue weighted by molar-refractivity contribution is 7.93. The Morgan fingerprint density at radius 1 is 0.972 bits per heavy atom. The maximum absolute atomic E-state index is 14.6. The topological polar surface area (TPSA) is 86.7 Å². The predicted octanol–water partition coefficient (Wildman–Crippen LogP) is 5.07. The quantitative estimate of drug-likeness (QED) is 0.446. The van der Waals surface area contributed by atoms with Crippen LogP contribution in [0.1, 0.15) is 22.8 Å². The van der Waals surface area contributed by atoms with Gasteiger partial charge in [0, 0.05) is 28.4 Å². The third kappa shape index (κ3) is 3.66. The number of sulfonamides is 1. The lowest BCUT2D eigenvalue weighted by atomic mass is 9.92. The van der Waals surface area contributed by atoms with Crippen LogP contribution in [-0.2, 0) is 15.6 Å². The fourth-order valence-electron chi connectivity index (χ4n) is 4.08. The fourth-order valence-corrected chi connectivity index (χ4v) is 5.35. The first-order chi connectivity index (χ1) is 16.5. The van der Waals surface area contributed by atoms with Crippen molar-refractivity contribution in [3.63, 3.8) is 0 Å². The minimum atomic E-state index is -6.24. The Balaban J connectivity index is 1.77. The molecule has 1 aliphatic rings. The summed E-state index contributed by atoms with van der Waals surface area (Å²) in [6, 6.07) is 7.04. The van der Waals surface area contributed by atoms with Crippen molar-refractivity contribution < 1.29 is 49.1 Å². The second-order valence-corrected chi connectivity index (χ2v) is 9.52. The number of nitrogens with zero attached hydrogens (tertiary/aromatic N) is 1. The minimum absolute atomic E-state index is 0.0994. The molecule has 1 heterocycles. The first-order valence-electron chi connectivity index (χ1n) is 10.1. The van der Waals surface area contributed by atoms with E-state index in [9.17, 15) is 49.1 Å². The summed E-state index contributed by atoms with van der Waals surface area (Å²) in [5.74, 6) is -2.15. The molecule has 4 rings (SSSR count). The molecule has 0 bridgehead atoms. The van der Waals surface area contributed by atoms with E-state index in [0.29, 0.717) is 23.7 Å². The number of halogens is 7. The molecule has 1 aliphatic heterocycles. The van der Waals surface area contributed by atoms with Crippen LogP contribution in [0.15, 0.2) is 53.4 Å². The molecule has 192 valence electrons. The average Bonchev–Trinajstić information content (AvgIpc) is 3.05. The van der Waals surface area contributed by atoms with E-state index in [0.717, 1.165) is 6.07 Å². The van der Waals surface area contributed by atoms with Crippen molar-refractivity contribution in [1.82, 2.24) is 0 Å². The van der Waals surface area contributed by atoms with Gasteiger partial charge < -0.3 is 10.0 Å². The third-order valence-electron chi connectivity index (χ3n) is 5.80. The summed E-state index contributed by atoms with van der Waals surface area (Å²) in [6.45, 7) is 2.01. The summed E-state index contributed by atoms with van der Waals surface area (Å²) in [4.78, 5) is 13.6. The number of aliphatic hydroxyl groups is 1. The standard InChI is InChI=1S/C22H15F7N2O4S/c1-2-31-16-8-9-17(12-4-3-5-13(18(12)16)19(31)32)36(34,35)30-15-7-6-11(10-14(15)23)20(33,21(24,25)26)22(27,28)29/h3-10,30,33H,2H2,1H3. The van der Waals surface area contributed by atoms with E-state index >= 15 is 0 Å². The lowest BCUT2D eigenvalue weighted by Crippen LogP contribution is -2.54. The van der Waals surface area contributed by atoms with Crippen molar-refractivity contribution in [2.75, 3.05) is 16.2 Å². The number of benzene rings is 3. The van der Waals surface area contributed by atoms with Crippen LogP contribution in [0.25, 0.3) is 10.8 Å². The summed E-state index contributed by atoms with van der Waals surface area (Å²) in [6.07, 6.45) is -12.5. The van der Waals surface area contributed by atoms with Crippen LogP contribution in [0, 0.1) is 5.82 Å². The average molecular weight is 536 g/mol. The molecule has 0 saturated heterocycles. The number of amides is 1. The number of anilines is 2. The monoisotopic (exact) mass is 536 g/mol. The first-order valence-corrected chi connectivity index (χ1v) is 11.6. The molecular weight excluding hydrogens is 521 g/mol. The first kappa shape index (κ1) is 25.7. The van der Waals surface area contributed by atoms with E-state index in [2.05, 4.69) is 0 Å². The molecule has 0 aromatic heterocycles. The van der Waals surface area contributed by atoms with E-state index in [-0.39, 0.29) is 29.0 Å². The summed E-state index contributed by atoms with van der Waals surface area (Å²) in [7, 11) is -4.64. The Labute approximate surface area is 199 Å². The Kier molecular flexibility index (Phi) is 5.75. The molecule has 0 radical (unpaired) electrons. The van der Waals surface area contributed by atoms with Gasteiger partial charge >= 0.3 is 12.4 Å². The molecule has 2 N–H and O–H groups in total. The molecule has 0 aliphatic carbocycles. The zero-order chi connectivity index (χ0) is 26.8. The molecule has 0 unspecified atom stereocenters. The summed E-state index contributed by atoms with van der Waals surface area (Å²) in [5, 5.41) is 9.86. The maximum atomic E-state index is 14.6. The summed E-state index contributed by atoms with van der Waals surface area (Å²) >= 11 is 0. The van der Waals surface area contributed by atoms with Crippen molar-refractivity contribution in [2.24, 2.45) is 0 Å². The molecule has 0 saturated carbocycles. The fraction of sp³-hybridized carbons (Fsp3) is 0.227. The largest absolute Gasteiger partial charge is 0.430 e. The van der Waals surface area contributed by atoms with Gasteiger partial charge in [0.2, 0.25) is 0 Å². The number of nitrogens with one attached hydrogen (secondary N) is 1. The molecule has 0 spiro atoms. The number of alkyl halides is 6. The van der Waals surface area contributed by atoms with E-state index in [1.165, 1.54) is 29.2 Å². The molecule has 0 atom stereocenters. The van der Waals surface area contributed by atoms with Gasteiger partial charge in [-0.25, -0.2) is 12.8 Å². The second kappa shape index (κ2) is 8.06. The van der Waals surface area contributed by atoms with Crippen LogP contribution in [0.5, 0.6) is 0 Å². The Bertz CT molecular complexity index is 1490. The Hall–Kier alpha value is -3.39. The number of rotatable bonds is 5. The van der Waals surface area contributed by atoms with Gasteiger partial charge in [-0.2, -0.15) is 26.3 Å². The van der Waals surface area contributed by atoms with Crippen molar-refractivity contribution >= 4 is 38.1 Å². The molecule has 1 amide bonds. The molecular formula is C22H15F7N2O4S. The van der Waals surface area contributed by atoms with Gasteiger partial charge in [0.15, 0.2) is 0 Å². The number of carbonyl (C=O) groups excluding carboxylic acids is 1. The van der Waals surface area contributed by atoms with E-state index in [1.807, 2.05) is 0 Å². The van der Waals surface area contributed by atoms with Gasteiger partial charge in [0.25, 0.3) is 21.5 Å². The number of hydrogen-bond acceptors (Lipinski definition) is 4. The van der Waals surface area contributed by atoms with E-state index in [1.54, 1.807) is 11.6 Å². The molecule has 0 fully saturated rings. The molecule has 14 heteroatoms. The third-order valence-corrected chi connectivity index (χ3v) is 7.23. The van der Waals surface area contributed by atoms with Crippen LogP contribution in [0.4, 0.5) is 42.1 Å². The van der Waals surface area contributed by atoms with Gasteiger partial charge in [0.05, 0.1) is 16.3 Å². The summed E-state index contributed by atoms with van der Waals surface area (Å²) in [5.41, 5.74) is -7.55. The Morgan fingerprint density at radius 2 is 1.61 bits per heavy atom. The van der Waals surface area contributed by atoms with Crippen LogP contribution < -0.4 is 9.62 Å². The maximum Gasteiger partial charge on any atom is 0.430 e. The minimum Gasteiger partial charge on any atom is -0.369 e. The second-order valence-electron chi connectivity index (χ2n) is 7.87.